The average molecular weight is 228 g/mol. The minimum atomic E-state index is -0.410. The molecule has 0 aromatic rings. The van der Waals surface area contributed by atoms with E-state index in [1.165, 1.54) is 0 Å². The van der Waals surface area contributed by atoms with Gasteiger partial charge in [0, 0.05) is 12.1 Å². The van der Waals surface area contributed by atoms with Crippen LogP contribution in [-0.2, 0) is 4.74 Å². The number of carbonyl (C=O) groups excluding carboxylic acids is 1. The molecule has 1 aliphatic rings. The summed E-state index contributed by atoms with van der Waals surface area (Å²) in [5.41, 5.74) is -0.410. The monoisotopic (exact) mass is 228 g/mol. The van der Waals surface area contributed by atoms with Gasteiger partial charge in [-0.1, -0.05) is 0 Å². The molecule has 0 heterocycles. The van der Waals surface area contributed by atoms with Gasteiger partial charge in [0.05, 0.1) is 0 Å². The van der Waals surface area contributed by atoms with Gasteiger partial charge in [0.15, 0.2) is 0 Å². The van der Waals surface area contributed by atoms with Crippen molar-refractivity contribution in [2.24, 2.45) is 0 Å². The predicted molar refractivity (Wildman–Crippen MR) is 64.5 cm³/mol. The molecule has 0 bridgehead atoms. The molecule has 0 atom stereocenters. The van der Waals surface area contributed by atoms with E-state index < -0.39 is 5.60 Å². The summed E-state index contributed by atoms with van der Waals surface area (Å²) in [6.45, 7) is 5.64. The topological polar surface area (TPSA) is 50.4 Å². The summed E-state index contributed by atoms with van der Waals surface area (Å²) in [5, 5.41) is 6.20. The quantitative estimate of drug-likeness (QED) is 0.760. The maximum absolute atomic E-state index is 11.5. The SMILES string of the molecule is CN[C@H]1CC[C@@H](NC(=O)OC(C)(C)C)CC1. The van der Waals surface area contributed by atoms with Crippen molar-refractivity contribution in [3.63, 3.8) is 0 Å². The van der Waals surface area contributed by atoms with Crippen LogP contribution in [0.4, 0.5) is 4.79 Å². The van der Waals surface area contributed by atoms with E-state index in [1.807, 2.05) is 27.8 Å². The van der Waals surface area contributed by atoms with E-state index in [0.717, 1.165) is 25.7 Å². The molecule has 16 heavy (non-hydrogen) atoms. The normalized spacial score (nSPS) is 26.2. The highest BCUT2D eigenvalue weighted by atomic mass is 16.6. The van der Waals surface area contributed by atoms with Crippen LogP contribution >= 0.6 is 0 Å². The molecular formula is C12H24N2O2. The molecule has 0 radical (unpaired) electrons. The molecular weight excluding hydrogens is 204 g/mol. The molecule has 1 rings (SSSR count). The zero-order chi connectivity index (χ0) is 12.2. The summed E-state index contributed by atoms with van der Waals surface area (Å²) in [6.07, 6.45) is 4.02. The largest absolute Gasteiger partial charge is 0.444 e. The maximum Gasteiger partial charge on any atom is 0.407 e. The third-order valence-electron chi connectivity index (χ3n) is 2.86. The highest BCUT2D eigenvalue weighted by Crippen LogP contribution is 2.18. The van der Waals surface area contributed by atoms with E-state index in [0.29, 0.717) is 6.04 Å². The van der Waals surface area contributed by atoms with Crippen molar-refractivity contribution in [3.05, 3.63) is 0 Å². The van der Waals surface area contributed by atoms with Crippen molar-refractivity contribution >= 4 is 6.09 Å². The molecule has 1 amide bonds. The lowest BCUT2D eigenvalue weighted by molar-refractivity contribution is 0.0490. The van der Waals surface area contributed by atoms with Gasteiger partial charge in [-0.3, -0.25) is 0 Å². The summed E-state index contributed by atoms with van der Waals surface area (Å²) in [6, 6.07) is 0.885. The average Bonchev–Trinajstić information content (AvgIpc) is 2.16. The number of amides is 1. The number of hydrogen-bond donors (Lipinski definition) is 2. The van der Waals surface area contributed by atoms with Gasteiger partial charge in [-0.2, -0.15) is 0 Å². The van der Waals surface area contributed by atoms with Crippen molar-refractivity contribution in [2.45, 2.75) is 64.1 Å². The number of ether oxygens (including phenoxy) is 1. The second-order valence-corrected chi connectivity index (χ2v) is 5.48. The summed E-state index contributed by atoms with van der Waals surface area (Å²) < 4.78 is 5.23. The second-order valence-electron chi connectivity index (χ2n) is 5.48. The van der Waals surface area contributed by atoms with E-state index in [9.17, 15) is 4.79 Å². The van der Waals surface area contributed by atoms with Gasteiger partial charge in [0.25, 0.3) is 0 Å². The molecule has 0 spiro atoms. The molecule has 0 aromatic heterocycles. The Balaban J connectivity index is 2.26. The Morgan fingerprint density at radius 2 is 1.62 bits per heavy atom. The van der Waals surface area contributed by atoms with Crippen LogP contribution < -0.4 is 10.6 Å². The third kappa shape index (κ3) is 4.84. The molecule has 1 aliphatic carbocycles. The molecule has 1 saturated carbocycles. The van der Waals surface area contributed by atoms with E-state index in [2.05, 4.69) is 10.6 Å². The van der Waals surface area contributed by atoms with Crippen LogP contribution in [0.3, 0.4) is 0 Å². The highest BCUT2D eigenvalue weighted by molar-refractivity contribution is 5.68. The standard InChI is InChI=1S/C12H24N2O2/c1-12(2,3)16-11(15)14-10-7-5-9(13-4)6-8-10/h9-10,13H,5-8H2,1-4H3,(H,14,15)/t9-,10+. The van der Waals surface area contributed by atoms with Crippen LogP contribution in [0.5, 0.6) is 0 Å². The van der Waals surface area contributed by atoms with Crippen molar-refractivity contribution in [1.82, 2.24) is 10.6 Å². The number of hydrogen-bond acceptors (Lipinski definition) is 3. The van der Waals surface area contributed by atoms with E-state index in [-0.39, 0.29) is 12.1 Å². The molecule has 0 unspecified atom stereocenters. The van der Waals surface area contributed by atoms with Crippen LogP contribution in [0.1, 0.15) is 46.5 Å². The molecule has 4 heteroatoms. The van der Waals surface area contributed by atoms with Crippen LogP contribution in [0.15, 0.2) is 0 Å². The minimum absolute atomic E-state index is 0.277. The number of carbonyl (C=O) groups is 1. The fraction of sp³-hybridized carbons (Fsp3) is 0.917. The third-order valence-corrected chi connectivity index (χ3v) is 2.86. The lowest BCUT2D eigenvalue weighted by atomic mass is 9.91. The van der Waals surface area contributed by atoms with Gasteiger partial charge in [-0.25, -0.2) is 4.79 Å². The van der Waals surface area contributed by atoms with Crippen LogP contribution in [0, 0.1) is 0 Å². The Bertz CT molecular complexity index is 228. The molecule has 2 N–H and O–H groups in total. The van der Waals surface area contributed by atoms with Gasteiger partial charge < -0.3 is 15.4 Å². The second kappa shape index (κ2) is 5.53. The fourth-order valence-corrected chi connectivity index (χ4v) is 2.00. The lowest BCUT2D eigenvalue weighted by Crippen LogP contribution is -2.43. The van der Waals surface area contributed by atoms with Crippen molar-refractivity contribution < 1.29 is 9.53 Å². The highest BCUT2D eigenvalue weighted by Gasteiger charge is 2.23. The summed E-state index contributed by atoms with van der Waals surface area (Å²) in [7, 11) is 1.99. The molecule has 94 valence electrons. The fourth-order valence-electron chi connectivity index (χ4n) is 2.00. The smallest absolute Gasteiger partial charge is 0.407 e. The van der Waals surface area contributed by atoms with Gasteiger partial charge in [0.2, 0.25) is 0 Å². The first-order chi connectivity index (χ1) is 7.40. The van der Waals surface area contributed by atoms with E-state index in [1.54, 1.807) is 0 Å². The van der Waals surface area contributed by atoms with Gasteiger partial charge >= 0.3 is 6.09 Å². The zero-order valence-electron chi connectivity index (χ0n) is 10.8. The summed E-state index contributed by atoms with van der Waals surface area (Å²) >= 11 is 0. The molecule has 4 nitrogen and oxygen atoms in total. The van der Waals surface area contributed by atoms with Crippen molar-refractivity contribution in [1.29, 1.82) is 0 Å². The molecule has 1 fully saturated rings. The molecule has 0 aliphatic heterocycles. The molecule has 0 aromatic carbocycles. The predicted octanol–water partition coefficient (Wildman–Crippen LogP) is 2.04. The first kappa shape index (κ1) is 13.3. The summed E-state index contributed by atoms with van der Waals surface area (Å²) in [4.78, 5) is 11.5. The number of nitrogens with one attached hydrogen (secondary N) is 2. The van der Waals surface area contributed by atoms with Crippen LogP contribution in [0.2, 0.25) is 0 Å². The maximum atomic E-state index is 11.5. The Kier molecular flexibility index (Phi) is 4.59. The van der Waals surface area contributed by atoms with Crippen molar-refractivity contribution in [3.8, 4) is 0 Å². The molecule has 0 saturated heterocycles. The Labute approximate surface area is 98.1 Å². The van der Waals surface area contributed by atoms with Gasteiger partial charge in [0.1, 0.15) is 5.60 Å². The Morgan fingerprint density at radius 1 is 1.12 bits per heavy atom. The Hall–Kier alpha value is -0.770. The van der Waals surface area contributed by atoms with Crippen LogP contribution in [-0.4, -0.2) is 30.8 Å². The minimum Gasteiger partial charge on any atom is -0.444 e. The van der Waals surface area contributed by atoms with Crippen molar-refractivity contribution in [2.75, 3.05) is 7.05 Å². The Morgan fingerprint density at radius 3 is 2.06 bits per heavy atom. The van der Waals surface area contributed by atoms with E-state index in [4.69, 9.17) is 4.74 Å². The first-order valence-corrected chi connectivity index (χ1v) is 6.07. The zero-order valence-corrected chi connectivity index (χ0v) is 10.8. The van der Waals surface area contributed by atoms with E-state index >= 15 is 0 Å². The lowest BCUT2D eigenvalue weighted by Gasteiger charge is -2.29. The summed E-state index contributed by atoms with van der Waals surface area (Å²) in [5.74, 6) is 0. The number of rotatable bonds is 2. The number of alkyl carbamates (subject to hydrolysis) is 1. The van der Waals surface area contributed by atoms with Gasteiger partial charge in [-0.15, -0.1) is 0 Å². The van der Waals surface area contributed by atoms with Gasteiger partial charge in [-0.05, 0) is 53.5 Å². The first-order valence-electron chi connectivity index (χ1n) is 6.07. The van der Waals surface area contributed by atoms with Crippen LogP contribution in [0.25, 0.3) is 0 Å².